The van der Waals surface area contributed by atoms with Crippen molar-refractivity contribution in [2.75, 3.05) is 25.1 Å². The Balaban J connectivity index is 1.87. The van der Waals surface area contributed by atoms with Crippen molar-refractivity contribution in [2.45, 2.75) is 38.3 Å². The van der Waals surface area contributed by atoms with E-state index in [2.05, 4.69) is 31.3 Å². The average Bonchev–Trinajstić information content (AvgIpc) is 2.46. The van der Waals surface area contributed by atoms with Crippen LogP contribution in [0, 0.1) is 0 Å². The molecule has 0 radical (unpaired) electrons. The lowest BCUT2D eigenvalue weighted by atomic mass is 9.86. The largest absolute Gasteiger partial charge is 0.382 e. The smallest absolute Gasteiger partial charge is 0.230 e. The van der Waals surface area contributed by atoms with Gasteiger partial charge in [-0.25, -0.2) is 0 Å². The van der Waals surface area contributed by atoms with Gasteiger partial charge in [0.25, 0.3) is 0 Å². The number of morpholine rings is 1. The summed E-state index contributed by atoms with van der Waals surface area (Å²) in [5, 5.41) is 3.46. The summed E-state index contributed by atoms with van der Waals surface area (Å²) in [6.45, 7) is 6.21. The van der Waals surface area contributed by atoms with Crippen molar-refractivity contribution in [3.05, 3.63) is 29.8 Å². The molecule has 108 valence electrons. The van der Waals surface area contributed by atoms with Crippen LogP contribution in [0.15, 0.2) is 24.3 Å². The number of nitrogens with one attached hydrogen (secondary N) is 1. The van der Waals surface area contributed by atoms with Crippen LogP contribution in [0.3, 0.4) is 0 Å². The SMILES string of the molecule is CC1CC(C(=O)N2CCOCC2C)c2ccccc2N1. The highest BCUT2D eigenvalue weighted by Crippen LogP contribution is 2.35. The number of anilines is 1. The predicted molar refractivity (Wildman–Crippen MR) is 78.9 cm³/mol. The molecule has 1 fully saturated rings. The zero-order valence-electron chi connectivity index (χ0n) is 12.1. The predicted octanol–water partition coefficient (Wildman–Crippen LogP) is 2.22. The molecule has 2 aliphatic heterocycles. The van der Waals surface area contributed by atoms with Crippen LogP contribution in [-0.2, 0) is 9.53 Å². The standard InChI is InChI=1S/C16H22N2O2/c1-11-9-14(13-5-3-4-6-15(13)17-11)16(19)18-7-8-20-10-12(18)2/h3-6,11-12,14,17H,7-10H2,1-2H3. The molecule has 2 aliphatic rings. The van der Waals surface area contributed by atoms with Gasteiger partial charge < -0.3 is 15.0 Å². The van der Waals surface area contributed by atoms with Crippen molar-refractivity contribution in [1.82, 2.24) is 4.90 Å². The highest BCUT2D eigenvalue weighted by atomic mass is 16.5. The first-order valence-electron chi connectivity index (χ1n) is 7.40. The number of nitrogens with zero attached hydrogens (tertiary/aromatic N) is 1. The average molecular weight is 274 g/mol. The molecule has 0 bridgehead atoms. The van der Waals surface area contributed by atoms with Crippen LogP contribution in [0.5, 0.6) is 0 Å². The van der Waals surface area contributed by atoms with E-state index in [1.807, 2.05) is 17.0 Å². The minimum absolute atomic E-state index is 0.0250. The fourth-order valence-corrected chi connectivity index (χ4v) is 3.23. The second-order valence-corrected chi connectivity index (χ2v) is 5.88. The topological polar surface area (TPSA) is 41.6 Å². The van der Waals surface area contributed by atoms with Gasteiger partial charge in [-0.3, -0.25) is 4.79 Å². The fraction of sp³-hybridized carbons (Fsp3) is 0.562. The van der Waals surface area contributed by atoms with Crippen molar-refractivity contribution in [2.24, 2.45) is 0 Å². The minimum Gasteiger partial charge on any atom is -0.382 e. The molecule has 3 rings (SSSR count). The number of hydrogen-bond donors (Lipinski definition) is 1. The van der Waals surface area contributed by atoms with Crippen molar-refractivity contribution < 1.29 is 9.53 Å². The summed E-state index contributed by atoms with van der Waals surface area (Å²) in [6.07, 6.45) is 0.861. The maximum Gasteiger partial charge on any atom is 0.230 e. The zero-order valence-corrected chi connectivity index (χ0v) is 12.1. The number of benzene rings is 1. The van der Waals surface area contributed by atoms with Gasteiger partial charge in [-0.2, -0.15) is 0 Å². The molecule has 3 unspecified atom stereocenters. The van der Waals surface area contributed by atoms with Crippen molar-refractivity contribution in [3.63, 3.8) is 0 Å². The fourth-order valence-electron chi connectivity index (χ4n) is 3.23. The van der Waals surface area contributed by atoms with E-state index in [1.54, 1.807) is 0 Å². The highest BCUT2D eigenvalue weighted by Gasteiger charge is 2.35. The van der Waals surface area contributed by atoms with Gasteiger partial charge in [0.1, 0.15) is 0 Å². The van der Waals surface area contributed by atoms with Crippen LogP contribution in [0.2, 0.25) is 0 Å². The molecule has 2 heterocycles. The van der Waals surface area contributed by atoms with Crippen LogP contribution < -0.4 is 5.32 Å². The van der Waals surface area contributed by atoms with E-state index in [-0.39, 0.29) is 17.9 Å². The molecule has 4 nitrogen and oxygen atoms in total. The van der Waals surface area contributed by atoms with Gasteiger partial charge in [0.05, 0.1) is 25.2 Å². The number of para-hydroxylation sites is 1. The molecule has 4 heteroatoms. The van der Waals surface area contributed by atoms with E-state index in [9.17, 15) is 4.79 Å². The van der Waals surface area contributed by atoms with E-state index in [1.165, 1.54) is 0 Å². The lowest BCUT2D eigenvalue weighted by Gasteiger charge is -2.38. The van der Waals surface area contributed by atoms with Gasteiger partial charge in [-0.05, 0) is 31.9 Å². The first kappa shape index (κ1) is 13.4. The monoisotopic (exact) mass is 274 g/mol. The van der Waals surface area contributed by atoms with Crippen LogP contribution in [0.4, 0.5) is 5.69 Å². The normalized spacial score (nSPS) is 29.5. The van der Waals surface area contributed by atoms with Crippen molar-refractivity contribution in [1.29, 1.82) is 0 Å². The molecule has 1 aromatic rings. The summed E-state index contributed by atoms with van der Waals surface area (Å²) in [5.74, 6) is 0.226. The molecule has 0 saturated carbocycles. The summed E-state index contributed by atoms with van der Waals surface area (Å²) in [7, 11) is 0. The Kier molecular flexibility index (Phi) is 3.66. The number of amides is 1. The third-order valence-electron chi connectivity index (χ3n) is 4.28. The Labute approximate surface area is 120 Å². The number of rotatable bonds is 1. The van der Waals surface area contributed by atoms with E-state index < -0.39 is 0 Å². The lowest BCUT2D eigenvalue weighted by Crippen LogP contribution is -2.49. The van der Waals surface area contributed by atoms with Crippen LogP contribution in [-0.4, -0.2) is 42.6 Å². The van der Waals surface area contributed by atoms with E-state index in [4.69, 9.17) is 4.74 Å². The molecular formula is C16H22N2O2. The first-order valence-corrected chi connectivity index (χ1v) is 7.40. The molecule has 1 saturated heterocycles. The Morgan fingerprint density at radius 3 is 2.95 bits per heavy atom. The Bertz CT molecular complexity index is 503. The van der Waals surface area contributed by atoms with E-state index in [0.29, 0.717) is 25.8 Å². The Hall–Kier alpha value is -1.55. The Morgan fingerprint density at radius 2 is 2.15 bits per heavy atom. The van der Waals surface area contributed by atoms with Crippen LogP contribution in [0.1, 0.15) is 31.7 Å². The lowest BCUT2D eigenvalue weighted by molar-refractivity contribution is -0.141. The quantitative estimate of drug-likeness (QED) is 0.854. The summed E-state index contributed by atoms with van der Waals surface area (Å²) >= 11 is 0. The summed E-state index contributed by atoms with van der Waals surface area (Å²) in [6, 6.07) is 8.67. The van der Waals surface area contributed by atoms with E-state index >= 15 is 0 Å². The molecule has 1 amide bonds. The first-order chi connectivity index (χ1) is 9.66. The summed E-state index contributed by atoms with van der Waals surface area (Å²) in [4.78, 5) is 14.9. The molecule has 20 heavy (non-hydrogen) atoms. The zero-order chi connectivity index (χ0) is 14.1. The van der Waals surface area contributed by atoms with Gasteiger partial charge in [-0.15, -0.1) is 0 Å². The van der Waals surface area contributed by atoms with Gasteiger partial charge in [0.2, 0.25) is 5.91 Å². The maximum atomic E-state index is 12.9. The summed E-state index contributed by atoms with van der Waals surface area (Å²) < 4.78 is 5.43. The van der Waals surface area contributed by atoms with Crippen molar-refractivity contribution in [3.8, 4) is 0 Å². The van der Waals surface area contributed by atoms with Crippen LogP contribution >= 0.6 is 0 Å². The maximum absolute atomic E-state index is 12.9. The molecule has 1 N–H and O–H groups in total. The minimum atomic E-state index is -0.0250. The number of fused-ring (bicyclic) bond motifs is 1. The third-order valence-corrected chi connectivity index (χ3v) is 4.28. The second-order valence-electron chi connectivity index (χ2n) is 5.88. The molecular weight excluding hydrogens is 252 g/mol. The molecule has 0 aromatic heterocycles. The Morgan fingerprint density at radius 1 is 1.35 bits per heavy atom. The molecule has 0 aliphatic carbocycles. The van der Waals surface area contributed by atoms with Gasteiger partial charge in [0, 0.05) is 18.3 Å². The number of carbonyl (C=O) groups is 1. The number of carbonyl (C=O) groups excluding carboxylic acids is 1. The van der Waals surface area contributed by atoms with E-state index in [0.717, 1.165) is 17.7 Å². The second kappa shape index (κ2) is 5.44. The van der Waals surface area contributed by atoms with Crippen molar-refractivity contribution >= 4 is 11.6 Å². The molecule has 1 aromatic carbocycles. The van der Waals surface area contributed by atoms with Crippen LogP contribution in [0.25, 0.3) is 0 Å². The summed E-state index contributed by atoms with van der Waals surface area (Å²) in [5.41, 5.74) is 2.24. The number of ether oxygens (including phenoxy) is 1. The van der Waals surface area contributed by atoms with Gasteiger partial charge >= 0.3 is 0 Å². The number of hydrogen-bond acceptors (Lipinski definition) is 3. The molecule has 3 atom stereocenters. The third kappa shape index (κ3) is 2.40. The molecule has 0 spiro atoms. The van der Waals surface area contributed by atoms with Gasteiger partial charge in [0.15, 0.2) is 0 Å². The van der Waals surface area contributed by atoms with Gasteiger partial charge in [-0.1, -0.05) is 18.2 Å². The highest BCUT2D eigenvalue weighted by molar-refractivity contribution is 5.87.